The summed E-state index contributed by atoms with van der Waals surface area (Å²) in [6.45, 7) is 0. The van der Waals surface area contributed by atoms with Crippen molar-refractivity contribution in [3.63, 3.8) is 0 Å². The van der Waals surface area contributed by atoms with Crippen molar-refractivity contribution in [2.24, 2.45) is 5.73 Å². The van der Waals surface area contributed by atoms with Crippen LogP contribution in [-0.4, -0.2) is 6.18 Å². The van der Waals surface area contributed by atoms with Gasteiger partial charge in [-0.2, -0.15) is 18.4 Å². The fourth-order valence-electron chi connectivity index (χ4n) is 1.05. The van der Waals surface area contributed by atoms with E-state index in [-0.39, 0.29) is 23.5 Å². The first kappa shape index (κ1) is 13.8. The zero-order chi connectivity index (χ0) is 10.8. The van der Waals surface area contributed by atoms with Gasteiger partial charge in [0.05, 0.1) is 11.6 Å². The van der Waals surface area contributed by atoms with Crippen molar-refractivity contribution in [2.75, 3.05) is 0 Å². The molecule has 2 nitrogen and oxygen atoms in total. The quantitative estimate of drug-likeness (QED) is 0.815. The van der Waals surface area contributed by atoms with Gasteiger partial charge >= 0.3 is 6.18 Å². The summed E-state index contributed by atoms with van der Waals surface area (Å²) in [5.41, 5.74) is 4.74. The summed E-state index contributed by atoms with van der Waals surface area (Å²) in [7, 11) is 0. The van der Waals surface area contributed by atoms with Gasteiger partial charge in [0.15, 0.2) is 0 Å². The lowest BCUT2D eigenvalue weighted by Crippen LogP contribution is -2.29. The monoisotopic (exact) mass is 236 g/mol. The van der Waals surface area contributed by atoms with Gasteiger partial charge in [-0.1, -0.05) is 18.2 Å². The molecule has 1 aromatic rings. The van der Waals surface area contributed by atoms with E-state index < -0.39 is 12.2 Å². The summed E-state index contributed by atoms with van der Waals surface area (Å²) in [6, 6.07) is 4.99. The Labute approximate surface area is 90.9 Å². The van der Waals surface area contributed by atoms with E-state index in [0.29, 0.717) is 0 Å². The minimum Gasteiger partial charge on any atom is -0.316 e. The lowest BCUT2D eigenvalue weighted by molar-refractivity contribution is -0.149. The van der Waals surface area contributed by atoms with E-state index in [1.807, 2.05) is 0 Å². The van der Waals surface area contributed by atoms with E-state index in [1.165, 1.54) is 24.3 Å². The van der Waals surface area contributed by atoms with E-state index in [9.17, 15) is 13.2 Å². The molecule has 15 heavy (non-hydrogen) atoms. The Bertz CT molecular complexity index is 370. The van der Waals surface area contributed by atoms with Gasteiger partial charge in [0.2, 0.25) is 0 Å². The molecule has 2 N–H and O–H groups in total. The number of nitrogens with two attached hydrogens (primary N) is 1. The van der Waals surface area contributed by atoms with Crippen molar-refractivity contribution in [1.82, 2.24) is 0 Å². The van der Waals surface area contributed by atoms with Crippen LogP contribution in [0.2, 0.25) is 0 Å². The molecule has 0 radical (unpaired) electrons. The lowest BCUT2D eigenvalue weighted by Gasteiger charge is -2.16. The zero-order valence-electron chi connectivity index (χ0n) is 7.45. The van der Waals surface area contributed by atoms with Crippen molar-refractivity contribution < 1.29 is 13.2 Å². The highest BCUT2D eigenvalue weighted by molar-refractivity contribution is 5.85. The van der Waals surface area contributed by atoms with Gasteiger partial charge in [-0.25, -0.2) is 0 Å². The molecule has 82 valence electrons. The summed E-state index contributed by atoms with van der Waals surface area (Å²) >= 11 is 0. The largest absolute Gasteiger partial charge is 0.407 e. The van der Waals surface area contributed by atoms with Crippen LogP contribution in [0, 0.1) is 11.3 Å². The Morgan fingerprint density at radius 1 is 1.27 bits per heavy atom. The smallest absolute Gasteiger partial charge is 0.316 e. The van der Waals surface area contributed by atoms with Gasteiger partial charge in [-0.3, -0.25) is 0 Å². The second-order valence-corrected chi connectivity index (χ2v) is 2.72. The average Bonchev–Trinajstić information content (AvgIpc) is 2.15. The SMILES string of the molecule is Cl.N#Cc1ccccc1[C@H](N)C(F)(F)F. The number of alkyl halides is 3. The fourth-order valence-corrected chi connectivity index (χ4v) is 1.05. The highest BCUT2D eigenvalue weighted by atomic mass is 35.5. The van der Waals surface area contributed by atoms with Crippen LogP contribution in [-0.2, 0) is 0 Å². The van der Waals surface area contributed by atoms with Crippen molar-refractivity contribution in [2.45, 2.75) is 12.2 Å². The standard InChI is InChI=1S/C9H7F3N2.ClH/c10-9(11,12)8(14)7-4-2-1-3-6(7)5-13;/h1-4,8H,14H2;1H/t8-;/m0./s1. The van der Waals surface area contributed by atoms with E-state index in [4.69, 9.17) is 11.0 Å². The molecule has 0 unspecified atom stereocenters. The molecule has 0 heterocycles. The highest BCUT2D eigenvalue weighted by Crippen LogP contribution is 2.31. The van der Waals surface area contributed by atoms with Crippen LogP contribution in [0.1, 0.15) is 17.2 Å². The maximum Gasteiger partial charge on any atom is 0.407 e. The highest BCUT2D eigenvalue weighted by Gasteiger charge is 2.38. The number of rotatable bonds is 1. The molecule has 1 aromatic carbocycles. The molecule has 0 saturated carbocycles. The Balaban J connectivity index is 0.00000196. The maximum atomic E-state index is 12.2. The van der Waals surface area contributed by atoms with Crippen LogP contribution >= 0.6 is 12.4 Å². The number of benzene rings is 1. The average molecular weight is 237 g/mol. The summed E-state index contributed by atoms with van der Waals surface area (Å²) in [5, 5.41) is 8.56. The van der Waals surface area contributed by atoms with Crippen LogP contribution < -0.4 is 5.73 Å². The second-order valence-electron chi connectivity index (χ2n) is 2.72. The fraction of sp³-hybridized carbons (Fsp3) is 0.222. The molecule has 0 aliphatic carbocycles. The van der Waals surface area contributed by atoms with Crippen molar-refractivity contribution in [3.05, 3.63) is 35.4 Å². The second kappa shape index (κ2) is 5.01. The summed E-state index contributed by atoms with van der Waals surface area (Å²) in [5.74, 6) is 0. The zero-order valence-corrected chi connectivity index (χ0v) is 8.27. The van der Waals surface area contributed by atoms with Crippen LogP contribution in [0.5, 0.6) is 0 Å². The third-order valence-corrected chi connectivity index (χ3v) is 1.77. The van der Waals surface area contributed by atoms with E-state index >= 15 is 0 Å². The molecule has 0 spiro atoms. The maximum absolute atomic E-state index is 12.2. The third-order valence-electron chi connectivity index (χ3n) is 1.77. The molecule has 0 aliphatic heterocycles. The first-order valence-corrected chi connectivity index (χ1v) is 3.78. The topological polar surface area (TPSA) is 49.8 Å². The molecule has 0 aromatic heterocycles. The van der Waals surface area contributed by atoms with Crippen molar-refractivity contribution in [3.8, 4) is 6.07 Å². The number of hydrogen-bond donors (Lipinski definition) is 1. The molecule has 0 saturated heterocycles. The number of halogens is 4. The van der Waals surface area contributed by atoms with Gasteiger partial charge in [0.25, 0.3) is 0 Å². The molecule has 0 amide bonds. The predicted molar refractivity (Wildman–Crippen MR) is 51.4 cm³/mol. The van der Waals surface area contributed by atoms with E-state index in [1.54, 1.807) is 6.07 Å². The number of hydrogen-bond acceptors (Lipinski definition) is 2. The molecule has 1 rings (SSSR count). The number of nitrogens with zero attached hydrogens (tertiary/aromatic N) is 1. The van der Waals surface area contributed by atoms with Crippen LogP contribution in [0.4, 0.5) is 13.2 Å². The Morgan fingerprint density at radius 2 is 1.80 bits per heavy atom. The lowest BCUT2D eigenvalue weighted by atomic mass is 10.0. The molecule has 0 fully saturated rings. The molecule has 6 heteroatoms. The summed E-state index contributed by atoms with van der Waals surface area (Å²) < 4.78 is 36.7. The van der Waals surface area contributed by atoms with Crippen molar-refractivity contribution in [1.29, 1.82) is 5.26 Å². The summed E-state index contributed by atoms with van der Waals surface area (Å²) in [6.07, 6.45) is -4.52. The molecule has 1 atom stereocenters. The molecule has 0 aliphatic rings. The van der Waals surface area contributed by atoms with E-state index in [2.05, 4.69) is 0 Å². The van der Waals surface area contributed by atoms with Gasteiger partial charge in [0, 0.05) is 0 Å². The predicted octanol–water partition coefficient (Wildman–Crippen LogP) is 2.54. The Hall–Kier alpha value is -1.25. The molecular weight excluding hydrogens is 229 g/mol. The van der Waals surface area contributed by atoms with Gasteiger partial charge in [-0.15, -0.1) is 12.4 Å². The number of nitriles is 1. The van der Waals surface area contributed by atoms with E-state index in [0.717, 1.165) is 0 Å². The third kappa shape index (κ3) is 3.11. The minimum atomic E-state index is -4.52. The van der Waals surface area contributed by atoms with Crippen molar-refractivity contribution >= 4 is 12.4 Å². The van der Waals surface area contributed by atoms with Gasteiger partial charge < -0.3 is 5.73 Å². The molecule has 0 bridgehead atoms. The van der Waals surface area contributed by atoms with Crippen LogP contribution in [0.3, 0.4) is 0 Å². The Morgan fingerprint density at radius 3 is 2.27 bits per heavy atom. The Kier molecular flexibility index (Phi) is 4.59. The molecular formula is C9H8ClF3N2. The minimum absolute atomic E-state index is 0. The first-order chi connectivity index (χ1) is 6.46. The summed E-state index contributed by atoms with van der Waals surface area (Å²) in [4.78, 5) is 0. The first-order valence-electron chi connectivity index (χ1n) is 3.78. The van der Waals surface area contributed by atoms with Gasteiger partial charge in [0.1, 0.15) is 6.04 Å². The van der Waals surface area contributed by atoms with Gasteiger partial charge in [-0.05, 0) is 11.6 Å². The van der Waals surface area contributed by atoms with Crippen LogP contribution in [0.15, 0.2) is 24.3 Å². The van der Waals surface area contributed by atoms with Crippen LogP contribution in [0.25, 0.3) is 0 Å². The normalized spacial score (nSPS) is 12.5.